The van der Waals surface area contributed by atoms with Crippen molar-refractivity contribution in [2.24, 2.45) is 0 Å². The van der Waals surface area contributed by atoms with Crippen LogP contribution in [-0.2, 0) is 0 Å². The summed E-state index contributed by atoms with van der Waals surface area (Å²) in [4.78, 5) is 0. The second-order valence-corrected chi connectivity index (χ2v) is 2.99. The third-order valence-corrected chi connectivity index (χ3v) is 2.26. The molecule has 0 aromatic rings. The van der Waals surface area contributed by atoms with Gasteiger partial charge in [-0.2, -0.15) is 0 Å². The van der Waals surface area contributed by atoms with Gasteiger partial charge in [-0.25, -0.2) is 0 Å². The van der Waals surface area contributed by atoms with Gasteiger partial charge in [-0.3, -0.25) is 0 Å². The van der Waals surface area contributed by atoms with E-state index in [4.69, 9.17) is 0 Å². The van der Waals surface area contributed by atoms with E-state index in [-0.39, 0.29) is 0 Å². The molecule has 0 fully saturated rings. The molecule has 0 aromatic heterocycles. The first-order valence-electron chi connectivity index (χ1n) is 4.38. The number of allylic oxidation sites excluding steroid dienone is 10. The zero-order chi connectivity index (χ0) is 8.39. The van der Waals surface area contributed by atoms with Crippen molar-refractivity contribution in [3.05, 3.63) is 59.3 Å². The molecule has 0 unspecified atom stereocenters. The van der Waals surface area contributed by atoms with Crippen molar-refractivity contribution in [2.75, 3.05) is 0 Å². The monoisotopic (exact) mass is 156 g/mol. The first-order chi connectivity index (χ1) is 5.92. The normalized spacial score (nSPS) is 19.6. The zero-order valence-corrected chi connectivity index (χ0v) is 7.25. The van der Waals surface area contributed by atoms with Crippen LogP contribution in [0, 0.1) is 0 Å². The second-order valence-electron chi connectivity index (χ2n) is 2.99. The molecule has 0 radical (unpaired) electrons. The van der Waals surface area contributed by atoms with Crippen LogP contribution >= 0.6 is 0 Å². The van der Waals surface area contributed by atoms with Crippen LogP contribution in [0.2, 0.25) is 0 Å². The van der Waals surface area contributed by atoms with E-state index in [0.717, 1.165) is 6.42 Å². The molecule has 2 aliphatic carbocycles. The number of hydrogen-bond donors (Lipinski definition) is 0. The maximum absolute atomic E-state index is 2.20. The first-order valence-corrected chi connectivity index (χ1v) is 4.38. The molecule has 0 saturated carbocycles. The lowest BCUT2D eigenvalue weighted by Crippen LogP contribution is -1.84. The molecule has 0 bridgehead atoms. The molecule has 0 spiro atoms. The highest BCUT2D eigenvalue weighted by Crippen LogP contribution is 2.27. The van der Waals surface area contributed by atoms with Gasteiger partial charge in [0.1, 0.15) is 0 Å². The Labute approximate surface area is 73.3 Å². The molecule has 60 valence electrons. The van der Waals surface area contributed by atoms with Crippen molar-refractivity contribution in [2.45, 2.75) is 13.3 Å². The van der Waals surface area contributed by atoms with Gasteiger partial charge in [-0.05, 0) is 23.1 Å². The minimum Gasteiger partial charge on any atom is -0.0616 e. The molecule has 0 heterocycles. The molecule has 0 amide bonds. The van der Waals surface area contributed by atoms with Gasteiger partial charge in [0.2, 0.25) is 0 Å². The molecule has 12 heavy (non-hydrogen) atoms. The van der Waals surface area contributed by atoms with Crippen LogP contribution in [-0.4, -0.2) is 0 Å². The SMILES string of the molecule is CCC1=CC=CC1=C1C=CC=C1. The third kappa shape index (κ3) is 1.10. The van der Waals surface area contributed by atoms with Crippen LogP contribution in [0.25, 0.3) is 0 Å². The number of hydrogen-bond acceptors (Lipinski definition) is 0. The lowest BCUT2D eigenvalue weighted by atomic mass is 10.0. The van der Waals surface area contributed by atoms with E-state index >= 15 is 0 Å². The van der Waals surface area contributed by atoms with Crippen molar-refractivity contribution < 1.29 is 0 Å². The standard InChI is InChI=1S/C12H12/c1-2-10-8-5-9-12(10)11-6-3-4-7-11/h3-9H,2H2,1H3. The Balaban J connectivity index is 2.41. The van der Waals surface area contributed by atoms with Crippen molar-refractivity contribution in [1.29, 1.82) is 0 Å². The topological polar surface area (TPSA) is 0 Å². The van der Waals surface area contributed by atoms with Gasteiger partial charge >= 0.3 is 0 Å². The fourth-order valence-corrected chi connectivity index (χ4v) is 1.60. The van der Waals surface area contributed by atoms with Crippen LogP contribution in [0.4, 0.5) is 0 Å². The van der Waals surface area contributed by atoms with Gasteiger partial charge in [-0.1, -0.05) is 49.5 Å². The average Bonchev–Trinajstić information content (AvgIpc) is 2.74. The van der Waals surface area contributed by atoms with Gasteiger partial charge < -0.3 is 0 Å². The predicted octanol–water partition coefficient (Wildman–Crippen LogP) is 3.32. The van der Waals surface area contributed by atoms with E-state index in [1.165, 1.54) is 16.7 Å². The molecule has 0 atom stereocenters. The van der Waals surface area contributed by atoms with Crippen LogP contribution in [0.5, 0.6) is 0 Å². The lowest BCUT2D eigenvalue weighted by Gasteiger charge is -2.02. The van der Waals surface area contributed by atoms with Gasteiger partial charge in [0, 0.05) is 0 Å². The van der Waals surface area contributed by atoms with Crippen molar-refractivity contribution in [1.82, 2.24) is 0 Å². The average molecular weight is 156 g/mol. The molecule has 0 aromatic carbocycles. The number of rotatable bonds is 1. The highest BCUT2D eigenvalue weighted by Gasteiger charge is 2.08. The first kappa shape index (κ1) is 7.35. The molecular formula is C12H12. The summed E-state index contributed by atoms with van der Waals surface area (Å²) in [6.45, 7) is 2.20. The maximum Gasteiger partial charge on any atom is -0.0152 e. The van der Waals surface area contributed by atoms with Crippen molar-refractivity contribution in [3.63, 3.8) is 0 Å². The Morgan fingerprint density at radius 2 is 1.75 bits per heavy atom. The molecular weight excluding hydrogens is 144 g/mol. The van der Waals surface area contributed by atoms with E-state index in [2.05, 4.69) is 49.5 Å². The van der Waals surface area contributed by atoms with Gasteiger partial charge in [0.05, 0.1) is 0 Å². The summed E-state index contributed by atoms with van der Waals surface area (Å²) >= 11 is 0. The molecule has 0 heteroatoms. The summed E-state index contributed by atoms with van der Waals surface area (Å²) in [7, 11) is 0. The summed E-state index contributed by atoms with van der Waals surface area (Å²) < 4.78 is 0. The third-order valence-electron chi connectivity index (χ3n) is 2.26. The van der Waals surface area contributed by atoms with E-state index in [9.17, 15) is 0 Å². The van der Waals surface area contributed by atoms with E-state index in [1.807, 2.05) is 0 Å². The van der Waals surface area contributed by atoms with Crippen LogP contribution in [0.15, 0.2) is 59.3 Å². The lowest BCUT2D eigenvalue weighted by molar-refractivity contribution is 1.13. The van der Waals surface area contributed by atoms with Gasteiger partial charge in [0.15, 0.2) is 0 Å². The smallest absolute Gasteiger partial charge is 0.0152 e. The fourth-order valence-electron chi connectivity index (χ4n) is 1.60. The molecule has 2 aliphatic rings. The van der Waals surface area contributed by atoms with Crippen LogP contribution in [0.3, 0.4) is 0 Å². The minimum atomic E-state index is 1.12. The molecule has 0 saturated heterocycles. The van der Waals surface area contributed by atoms with Crippen LogP contribution in [0.1, 0.15) is 13.3 Å². The van der Waals surface area contributed by atoms with Gasteiger partial charge in [0.25, 0.3) is 0 Å². The fraction of sp³-hybridized carbons (Fsp3) is 0.167. The Hall–Kier alpha value is -1.30. The van der Waals surface area contributed by atoms with E-state index in [0.29, 0.717) is 0 Å². The summed E-state index contributed by atoms with van der Waals surface area (Å²) in [5.74, 6) is 0. The van der Waals surface area contributed by atoms with E-state index in [1.54, 1.807) is 0 Å². The van der Waals surface area contributed by atoms with Gasteiger partial charge in [-0.15, -0.1) is 0 Å². The van der Waals surface area contributed by atoms with Crippen molar-refractivity contribution in [3.8, 4) is 0 Å². The Kier molecular flexibility index (Phi) is 1.83. The Bertz CT molecular complexity index is 319. The highest BCUT2D eigenvalue weighted by atomic mass is 14.1. The molecule has 0 aliphatic heterocycles. The second kappa shape index (κ2) is 2.98. The molecule has 0 nitrogen and oxygen atoms in total. The molecule has 2 rings (SSSR count). The zero-order valence-electron chi connectivity index (χ0n) is 7.25. The quantitative estimate of drug-likeness (QED) is 0.546. The largest absolute Gasteiger partial charge is 0.0616 e. The summed E-state index contributed by atoms with van der Waals surface area (Å²) in [6.07, 6.45) is 16.1. The maximum atomic E-state index is 2.20. The Morgan fingerprint density at radius 1 is 1.00 bits per heavy atom. The molecule has 0 N–H and O–H groups in total. The summed E-state index contributed by atoms with van der Waals surface area (Å²) in [5.41, 5.74) is 4.18. The van der Waals surface area contributed by atoms with E-state index < -0.39 is 0 Å². The Morgan fingerprint density at radius 3 is 2.42 bits per heavy atom. The highest BCUT2D eigenvalue weighted by molar-refractivity contribution is 5.58. The minimum absolute atomic E-state index is 1.12. The van der Waals surface area contributed by atoms with Crippen molar-refractivity contribution >= 4 is 0 Å². The summed E-state index contributed by atoms with van der Waals surface area (Å²) in [5, 5.41) is 0. The van der Waals surface area contributed by atoms with Crippen LogP contribution < -0.4 is 0 Å². The predicted molar refractivity (Wildman–Crippen MR) is 52.8 cm³/mol. The summed E-state index contributed by atoms with van der Waals surface area (Å²) in [6, 6.07) is 0.